The fraction of sp³-hybridized carbons (Fsp3) is 0.500. The molecule has 0 aromatic heterocycles. The van der Waals surface area contributed by atoms with E-state index in [0.717, 1.165) is 32.5 Å². The van der Waals surface area contributed by atoms with Gasteiger partial charge in [0.15, 0.2) is 0 Å². The van der Waals surface area contributed by atoms with Crippen molar-refractivity contribution >= 4 is 12.4 Å². The molecule has 1 aliphatic heterocycles. The number of halogens is 1. The van der Waals surface area contributed by atoms with Crippen molar-refractivity contribution in [2.75, 3.05) is 20.2 Å². The summed E-state index contributed by atoms with van der Waals surface area (Å²) in [5.74, 6) is 0.649. The number of piperidine rings is 1. The number of benzene rings is 1. The zero-order valence-corrected chi connectivity index (χ0v) is 11.9. The van der Waals surface area contributed by atoms with Crippen molar-refractivity contribution in [2.45, 2.75) is 25.4 Å². The third kappa shape index (κ3) is 4.10. The predicted molar refractivity (Wildman–Crippen MR) is 77.4 cm³/mol. The van der Waals surface area contributed by atoms with Crippen LogP contribution in [-0.2, 0) is 6.54 Å². The van der Waals surface area contributed by atoms with Crippen molar-refractivity contribution in [3.05, 3.63) is 29.3 Å². The Hall–Kier alpha value is -1.28. The fourth-order valence-corrected chi connectivity index (χ4v) is 2.42. The smallest absolute Gasteiger partial charge is 0.136 e. The van der Waals surface area contributed by atoms with Crippen LogP contribution < -0.4 is 10.5 Å². The number of hydrogen-bond acceptors (Lipinski definition) is 4. The van der Waals surface area contributed by atoms with Crippen LogP contribution in [0.25, 0.3) is 0 Å². The Morgan fingerprint density at radius 1 is 1.53 bits per heavy atom. The maximum atomic E-state index is 8.94. The summed E-state index contributed by atoms with van der Waals surface area (Å²) >= 11 is 0. The minimum Gasteiger partial charge on any atom is -0.495 e. The topological polar surface area (TPSA) is 62.3 Å². The normalized spacial score (nSPS) is 19.3. The lowest BCUT2D eigenvalue weighted by atomic mass is 10.0. The molecule has 2 N–H and O–H groups in total. The van der Waals surface area contributed by atoms with Gasteiger partial charge in [0.25, 0.3) is 0 Å². The molecule has 0 spiro atoms. The first-order chi connectivity index (χ1) is 8.72. The molecule has 0 saturated carbocycles. The van der Waals surface area contributed by atoms with Gasteiger partial charge < -0.3 is 10.5 Å². The van der Waals surface area contributed by atoms with Gasteiger partial charge in [-0.05, 0) is 37.1 Å². The van der Waals surface area contributed by atoms with Crippen molar-refractivity contribution in [1.29, 1.82) is 5.26 Å². The highest BCUT2D eigenvalue weighted by molar-refractivity contribution is 5.85. The molecule has 5 heteroatoms. The largest absolute Gasteiger partial charge is 0.495 e. The van der Waals surface area contributed by atoms with Gasteiger partial charge in [0, 0.05) is 19.1 Å². The molecule has 1 aliphatic rings. The Bertz CT molecular complexity index is 458. The van der Waals surface area contributed by atoms with Gasteiger partial charge in [-0.3, -0.25) is 4.90 Å². The van der Waals surface area contributed by atoms with Crippen molar-refractivity contribution in [1.82, 2.24) is 4.90 Å². The summed E-state index contributed by atoms with van der Waals surface area (Å²) in [7, 11) is 1.59. The van der Waals surface area contributed by atoms with Gasteiger partial charge in [-0.2, -0.15) is 5.26 Å². The predicted octanol–water partition coefficient (Wildman–Crippen LogP) is 1.91. The molecule has 1 fully saturated rings. The van der Waals surface area contributed by atoms with E-state index in [1.54, 1.807) is 7.11 Å². The first kappa shape index (κ1) is 15.8. The molecule has 4 nitrogen and oxygen atoms in total. The van der Waals surface area contributed by atoms with E-state index in [-0.39, 0.29) is 12.4 Å². The Kier molecular flexibility index (Phi) is 6.10. The van der Waals surface area contributed by atoms with E-state index in [9.17, 15) is 0 Å². The van der Waals surface area contributed by atoms with Crippen LogP contribution >= 0.6 is 12.4 Å². The van der Waals surface area contributed by atoms with Crippen LogP contribution in [0.4, 0.5) is 0 Å². The third-order valence-electron chi connectivity index (χ3n) is 3.33. The zero-order valence-electron chi connectivity index (χ0n) is 11.1. The second-order valence-electron chi connectivity index (χ2n) is 4.78. The number of nitriles is 1. The minimum absolute atomic E-state index is 0. The Balaban J connectivity index is 0.00000180. The molecule has 0 aliphatic carbocycles. The van der Waals surface area contributed by atoms with Crippen LogP contribution in [0, 0.1) is 11.3 Å². The highest BCUT2D eigenvalue weighted by Gasteiger charge is 2.17. The number of likely N-dealkylation sites (tertiary alicyclic amines) is 1. The Morgan fingerprint density at radius 3 is 2.95 bits per heavy atom. The van der Waals surface area contributed by atoms with Crippen LogP contribution in [0.1, 0.15) is 24.0 Å². The Labute approximate surface area is 120 Å². The highest BCUT2D eigenvalue weighted by atomic mass is 35.5. The first-order valence-electron chi connectivity index (χ1n) is 6.28. The minimum atomic E-state index is 0. The van der Waals surface area contributed by atoms with E-state index >= 15 is 0 Å². The molecule has 1 atom stereocenters. The molecule has 1 heterocycles. The average molecular weight is 282 g/mol. The summed E-state index contributed by atoms with van der Waals surface area (Å²) in [5.41, 5.74) is 7.72. The average Bonchev–Trinajstić information content (AvgIpc) is 2.38. The van der Waals surface area contributed by atoms with Crippen molar-refractivity contribution in [3.8, 4) is 11.8 Å². The molecule has 0 radical (unpaired) electrons. The summed E-state index contributed by atoms with van der Waals surface area (Å²) in [6, 6.07) is 8.16. The summed E-state index contributed by atoms with van der Waals surface area (Å²) in [5, 5.41) is 8.94. The lowest BCUT2D eigenvalue weighted by molar-refractivity contribution is 0.201. The van der Waals surface area contributed by atoms with Crippen LogP contribution in [-0.4, -0.2) is 31.1 Å². The molecule has 19 heavy (non-hydrogen) atoms. The molecule has 0 bridgehead atoms. The monoisotopic (exact) mass is 281 g/mol. The Morgan fingerprint density at radius 2 is 2.32 bits per heavy atom. The van der Waals surface area contributed by atoms with Gasteiger partial charge in [-0.15, -0.1) is 12.4 Å². The van der Waals surface area contributed by atoms with E-state index in [1.165, 1.54) is 5.56 Å². The first-order valence-corrected chi connectivity index (χ1v) is 6.28. The molecule has 104 valence electrons. The van der Waals surface area contributed by atoms with Gasteiger partial charge in [0.05, 0.1) is 12.7 Å². The number of nitrogens with zero attached hydrogens (tertiary/aromatic N) is 2. The molecule has 0 amide bonds. The number of ether oxygens (including phenoxy) is 1. The van der Waals surface area contributed by atoms with Gasteiger partial charge in [-0.25, -0.2) is 0 Å². The van der Waals surface area contributed by atoms with E-state index in [0.29, 0.717) is 17.4 Å². The summed E-state index contributed by atoms with van der Waals surface area (Å²) < 4.78 is 5.22. The second kappa shape index (κ2) is 7.34. The van der Waals surface area contributed by atoms with E-state index in [2.05, 4.69) is 11.0 Å². The maximum absolute atomic E-state index is 8.94. The molecule has 2 rings (SSSR count). The third-order valence-corrected chi connectivity index (χ3v) is 3.33. The molecular formula is C14H20ClN3O. The zero-order chi connectivity index (χ0) is 13.0. The summed E-state index contributed by atoms with van der Waals surface area (Å²) in [6.45, 7) is 2.91. The van der Waals surface area contributed by atoms with Crippen molar-refractivity contribution in [2.24, 2.45) is 5.73 Å². The van der Waals surface area contributed by atoms with Gasteiger partial charge >= 0.3 is 0 Å². The number of nitrogens with two attached hydrogens (primary N) is 1. The van der Waals surface area contributed by atoms with Crippen molar-refractivity contribution < 1.29 is 4.74 Å². The van der Waals surface area contributed by atoms with E-state index in [1.807, 2.05) is 18.2 Å². The van der Waals surface area contributed by atoms with E-state index < -0.39 is 0 Å². The highest BCUT2D eigenvalue weighted by Crippen LogP contribution is 2.21. The van der Waals surface area contributed by atoms with Gasteiger partial charge in [-0.1, -0.05) is 6.07 Å². The SMILES string of the molecule is COc1cc(CN2CCC[C@@H](N)C2)ccc1C#N.Cl. The number of rotatable bonds is 3. The number of methoxy groups -OCH3 is 1. The quantitative estimate of drug-likeness (QED) is 0.919. The lowest BCUT2D eigenvalue weighted by Gasteiger charge is -2.30. The van der Waals surface area contributed by atoms with Crippen LogP contribution in [0.3, 0.4) is 0 Å². The molecule has 1 saturated heterocycles. The second-order valence-corrected chi connectivity index (χ2v) is 4.78. The molecule has 0 unspecified atom stereocenters. The summed E-state index contributed by atoms with van der Waals surface area (Å²) in [4.78, 5) is 2.36. The molecule has 1 aromatic rings. The standard InChI is InChI=1S/C14H19N3O.ClH/c1-18-14-7-11(4-5-12(14)8-15)9-17-6-2-3-13(16)10-17;/h4-5,7,13H,2-3,6,9-10,16H2,1H3;1H/t13-;/m1./s1. The summed E-state index contributed by atoms with van der Waals surface area (Å²) in [6.07, 6.45) is 2.28. The van der Waals surface area contributed by atoms with Crippen LogP contribution in [0.2, 0.25) is 0 Å². The van der Waals surface area contributed by atoms with Crippen LogP contribution in [0.5, 0.6) is 5.75 Å². The number of hydrogen-bond donors (Lipinski definition) is 1. The fourth-order valence-electron chi connectivity index (χ4n) is 2.42. The lowest BCUT2D eigenvalue weighted by Crippen LogP contribution is -2.42. The van der Waals surface area contributed by atoms with E-state index in [4.69, 9.17) is 15.7 Å². The van der Waals surface area contributed by atoms with Gasteiger partial charge in [0.1, 0.15) is 11.8 Å². The molecule has 1 aromatic carbocycles. The van der Waals surface area contributed by atoms with Gasteiger partial charge in [0.2, 0.25) is 0 Å². The van der Waals surface area contributed by atoms with Crippen molar-refractivity contribution in [3.63, 3.8) is 0 Å². The molecular weight excluding hydrogens is 262 g/mol. The van der Waals surface area contributed by atoms with Crippen LogP contribution in [0.15, 0.2) is 18.2 Å². The maximum Gasteiger partial charge on any atom is 0.136 e.